The molecule has 3 nitrogen and oxygen atoms in total. The molecule has 0 bridgehead atoms. The first-order chi connectivity index (χ1) is 12.7. The minimum atomic E-state index is -0.191. The molecule has 2 rings (SSSR count). The number of unbranched alkanes of at least 4 members (excludes halogenated alkanes) is 4. The first-order valence-corrected chi connectivity index (χ1v) is 9.27. The molecule has 0 atom stereocenters. The van der Waals surface area contributed by atoms with Gasteiger partial charge in [-0.2, -0.15) is 0 Å². The molecule has 26 heavy (non-hydrogen) atoms. The molecule has 0 saturated heterocycles. The van der Waals surface area contributed by atoms with E-state index in [9.17, 15) is 9.59 Å². The number of ketones is 1. The number of ether oxygens (including phenoxy) is 1. The van der Waals surface area contributed by atoms with E-state index in [1.807, 2.05) is 30.3 Å². The molecule has 0 saturated carbocycles. The Labute approximate surface area is 155 Å². The lowest BCUT2D eigenvalue weighted by atomic mass is 10.1. The average molecular weight is 350 g/mol. The molecule has 136 valence electrons. The molecule has 3 heteroatoms. The molecular weight excluding hydrogens is 324 g/mol. The van der Waals surface area contributed by atoms with Crippen LogP contribution in [-0.4, -0.2) is 11.8 Å². The molecule has 0 aliphatic rings. The molecule has 0 aliphatic carbocycles. The van der Waals surface area contributed by atoms with Gasteiger partial charge in [-0.25, -0.2) is 0 Å². The van der Waals surface area contributed by atoms with Crippen molar-refractivity contribution in [2.75, 3.05) is 0 Å². The summed E-state index contributed by atoms with van der Waals surface area (Å²) in [6, 6.07) is 16.3. The summed E-state index contributed by atoms with van der Waals surface area (Å²) in [4.78, 5) is 23.9. The maximum absolute atomic E-state index is 12.0. The molecule has 0 fully saturated rings. The monoisotopic (exact) mass is 350 g/mol. The second-order valence-corrected chi connectivity index (χ2v) is 6.27. The number of allylic oxidation sites excluding steroid dienone is 1. The zero-order chi connectivity index (χ0) is 18.6. The van der Waals surface area contributed by atoms with Crippen molar-refractivity contribution in [3.63, 3.8) is 0 Å². The summed E-state index contributed by atoms with van der Waals surface area (Å²) in [5, 5.41) is 0. The van der Waals surface area contributed by atoms with E-state index in [1.54, 1.807) is 36.4 Å². The van der Waals surface area contributed by atoms with Gasteiger partial charge in [0, 0.05) is 12.0 Å². The third-order valence-corrected chi connectivity index (χ3v) is 4.08. The molecule has 0 aromatic heterocycles. The number of carbonyl (C=O) groups excluding carboxylic acids is 2. The third-order valence-electron chi connectivity index (χ3n) is 4.08. The maximum Gasteiger partial charge on any atom is 0.311 e. The van der Waals surface area contributed by atoms with E-state index in [4.69, 9.17) is 4.74 Å². The Balaban J connectivity index is 1.79. The smallest absolute Gasteiger partial charge is 0.311 e. The summed E-state index contributed by atoms with van der Waals surface area (Å²) in [7, 11) is 0. The van der Waals surface area contributed by atoms with E-state index >= 15 is 0 Å². The van der Waals surface area contributed by atoms with Gasteiger partial charge in [0.2, 0.25) is 0 Å². The van der Waals surface area contributed by atoms with Crippen molar-refractivity contribution >= 4 is 17.8 Å². The Morgan fingerprint density at radius 3 is 2.27 bits per heavy atom. The van der Waals surface area contributed by atoms with E-state index < -0.39 is 0 Å². The van der Waals surface area contributed by atoms with Crippen molar-refractivity contribution in [2.24, 2.45) is 0 Å². The number of esters is 1. The van der Waals surface area contributed by atoms with Crippen molar-refractivity contribution < 1.29 is 14.3 Å². The lowest BCUT2D eigenvalue weighted by Gasteiger charge is -2.04. The largest absolute Gasteiger partial charge is 0.427 e. The Kier molecular flexibility index (Phi) is 8.34. The van der Waals surface area contributed by atoms with Gasteiger partial charge in [-0.15, -0.1) is 0 Å². The standard InChI is InChI=1S/C23H26O3/c1-2-3-4-5-9-12-23(25)26-21-16-13-19(14-17-21)15-18-22(24)20-10-7-6-8-11-20/h6-8,10-11,13-18H,2-5,9,12H2,1H3/b18-15-. The summed E-state index contributed by atoms with van der Waals surface area (Å²) in [6.45, 7) is 2.17. The van der Waals surface area contributed by atoms with Crippen LogP contribution in [0.3, 0.4) is 0 Å². The van der Waals surface area contributed by atoms with Crippen LogP contribution in [0, 0.1) is 0 Å². The highest BCUT2D eigenvalue weighted by atomic mass is 16.5. The molecule has 0 radical (unpaired) electrons. The van der Waals surface area contributed by atoms with Crippen LogP contribution in [0.5, 0.6) is 5.75 Å². The Morgan fingerprint density at radius 2 is 1.58 bits per heavy atom. The first-order valence-electron chi connectivity index (χ1n) is 9.27. The van der Waals surface area contributed by atoms with Crippen molar-refractivity contribution in [1.29, 1.82) is 0 Å². The predicted octanol–water partition coefficient (Wildman–Crippen LogP) is 5.85. The molecule has 0 aliphatic heterocycles. The van der Waals surface area contributed by atoms with Crippen LogP contribution in [0.4, 0.5) is 0 Å². The summed E-state index contributed by atoms with van der Waals surface area (Å²) >= 11 is 0. The van der Waals surface area contributed by atoms with Crippen LogP contribution in [0.25, 0.3) is 6.08 Å². The summed E-state index contributed by atoms with van der Waals surface area (Å²) in [5.74, 6) is 0.309. The number of hydrogen-bond donors (Lipinski definition) is 0. The SMILES string of the molecule is CCCCCCCC(=O)Oc1ccc(/C=C\C(=O)c2ccccc2)cc1. The molecule has 2 aromatic carbocycles. The van der Waals surface area contributed by atoms with Gasteiger partial charge in [0.25, 0.3) is 0 Å². The Morgan fingerprint density at radius 1 is 0.885 bits per heavy atom. The second kappa shape index (κ2) is 11.0. The Bertz CT molecular complexity index is 715. The van der Waals surface area contributed by atoms with Crippen LogP contribution in [-0.2, 0) is 4.79 Å². The summed E-state index contributed by atoms with van der Waals surface area (Å²) in [5.41, 5.74) is 1.54. The number of carbonyl (C=O) groups is 2. The minimum absolute atomic E-state index is 0.0378. The predicted molar refractivity (Wildman–Crippen MR) is 105 cm³/mol. The molecule has 0 heterocycles. The van der Waals surface area contributed by atoms with E-state index in [0.717, 1.165) is 18.4 Å². The lowest BCUT2D eigenvalue weighted by molar-refractivity contribution is -0.134. The van der Waals surface area contributed by atoms with Gasteiger partial charge >= 0.3 is 5.97 Å². The average Bonchev–Trinajstić information content (AvgIpc) is 2.67. The molecule has 0 amide bonds. The van der Waals surface area contributed by atoms with Crippen molar-refractivity contribution in [2.45, 2.75) is 45.4 Å². The third kappa shape index (κ3) is 7.06. The molecule has 0 unspecified atom stereocenters. The van der Waals surface area contributed by atoms with Crippen LogP contribution in [0.2, 0.25) is 0 Å². The van der Waals surface area contributed by atoms with E-state index in [1.165, 1.54) is 19.3 Å². The van der Waals surface area contributed by atoms with Gasteiger partial charge < -0.3 is 4.74 Å². The van der Waals surface area contributed by atoms with Crippen LogP contribution in [0.15, 0.2) is 60.7 Å². The summed E-state index contributed by atoms with van der Waals surface area (Å²) < 4.78 is 5.34. The van der Waals surface area contributed by atoms with Crippen LogP contribution >= 0.6 is 0 Å². The highest BCUT2D eigenvalue weighted by molar-refractivity contribution is 6.06. The zero-order valence-corrected chi connectivity index (χ0v) is 15.3. The highest BCUT2D eigenvalue weighted by Crippen LogP contribution is 2.15. The lowest BCUT2D eigenvalue weighted by Crippen LogP contribution is -2.07. The van der Waals surface area contributed by atoms with Crippen molar-refractivity contribution in [3.8, 4) is 5.75 Å². The quantitative estimate of drug-likeness (QED) is 0.177. The Hall–Kier alpha value is -2.68. The van der Waals surface area contributed by atoms with Gasteiger partial charge in [-0.05, 0) is 30.2 Å². The van der Waals surface area contributed by atoms with Gasteiger partial charge in [0.05, 0.1) is 0 Å². The van der Waals surface area contributed by atoms with Crippen LogP contribution in [0.1, 0.15) is 61.4 Å². The van der Waals surface area contributed by atoms with Gasteiger partial charge in [0.1, 0.15) is 5.75 Å². The molecular formula is C23H26O3. The zero-order valence-electron chi connectivity index (χ0n) is 15.3. The van der Waals surface area contributed by atoms with Gasteiger partial charge in [0.15, 0.2) is 5.78 Å². The second-order valence-electron chi connectivity index (χ2n) is 6.27. The van der Waals surface area contributed by atoms with Gasteiger partial charge in [-0.3, -0.25) is 9.59 Å². The molecule has 0 spiro atoms. The van der Waals surface area contributed by atoms with Crippen LogP contribution < -0.4 is 4.74 Å². The first kappa shape index (κ1) is 19.6. The normalized spacial score (nSPS) is 10.8. The maximum atomic E-state index is 12.0. The van der Waals surface area contributed by atoms with Crippen molar-refractivity contribution in [1.82, 2.24) is 0 Å². The fraction of sp³-hybridized carbons (Fsp3) is 0.304. The summed E-state index contributed by atoms with van der Waals surface area (Å²) in [6.07, 6.45) is 9.30. The molecule has 2 aromatic rings. The topological polar surface area (TPSA) is 43.4 Å². The fourth-order valence-corrected chi connectivity index (χ4v) is 2.57. The van der Waals surface area contributed by atoms with E-state index in [-0.39, 0.29) is 11.8 Å². The molecule has 0 N–H and O–H groups in total. The fourth-order valence-electron chi connectivity index (χ4n) is 2.57. The minimum Gasteiger partial charge on any atom is -0.427 e. The number of hydrogen-bond acceptors (Lipinski definition) is 3. The highest BCUT2D eigenvalue weighted by Gasteiger charge is 2.05. The van der Waals surface area contributed by atoms with Crippen molar-refractivity contribution in [3.05, 3.63) is 71.8 Å². The van der Waals surface area contributed by atoms with E-state index in [0.29, 0.717) is 17.7 Å². The number of benzene rings is 2. The van der Waals surface area contributed by atoms with E-state index in [2.05, 4.69) is 6.92 Å². The van der Waals surface area contributed by atoms with Gasteiger partial charge in [-0.1, -0.05) is 81.1 Å². The number of rotatable bonds is 10.